The number of nitrogens with one attached hydrogen (secondary N) is 2. The first kappa shape index (κ1) is 15.1. The first-order valence-electron chi connectivity index (χ1n) is 7.88. The third kappa shape index (κ3) is 3.49. The number of likely N-dealkylation sites (N-methyl/N-ethyl adjacent to an activating group) is 1. The van der Waals surface area contributed by atoms with Crippen molar-refractivity contribution in [2.24, 2.45) is 5.41 Å². The smallest absolute Gasteiger partial charge is 0.267 e. The molecule has 1 saturated heterocycles. The first-order valence-corrected chi connectivity index (χ1v) is 7.88. The van der Waals surface area contributed by atoms with Crippen LogP contribution in [0.4, 0.5) is 0 Å². The van der Waals surface area contributed by atoms with E-state index >= 15 is 0 Å². The lowest BCUT2D eigenvalue weighted by Crippen LogP contribution is -2.47. The molecule has 1 aromatic rings. The topological polar surface area (TPSA) is 75.2 Å². The Kier molecular flexibility index (Phi) is 4.19. The van der Waals surface area contributed by atoms with Crippen LogP contribution in [-0.4, -0.2) is 67.0 Å². The Hall–Kier alpha value is -1.84. The molecule has 0 spiro atoms. The predicted molar refractivity (Wildman–Crippen MR) is 83.4 cm³/mol. The Bertz CT molecular complexity index is 576. The molecule has 0 aromatic carbocycles. The van der Waals surface area contributed by atoms with Gasteiger partial charge in [-0.3, -0.25) is 4.79 Å². The van der Waals surface area contributed by atoms with E-state index in [0.717, 1.165) is 39.3 Å². The number of piperazine rings is 1. The lowest BCUT2D eigenvalue weighted by atomic mass is 10.1. The van der Waals surface area contributed by atoms with Crippen molar-refractivity contribution in [1.29, 1.82) is 5.26 Å². The van der Waals surface area contributed by atoms with Crippen LogP contribution in [0.25, 0.3) is 0 Å². The maximum Gasteiger partial charge on any atom is 0.267 e. The van der Waals surface area contributed by atoms with Crippen molar-refractivity contribution in [3.63, 3.8) is 0 Å². The van der Waals surface area contributed by atoms with Crippen LogP contribution in [-0.2, 0) is 0 Å². The number of carbonyl (C=O) groups is 1. The van der Waals surface area contributed by atoms with Gasteiger partial charge in [-0.15, -0.1) is 0 Å². The monoisotopic (exact) mass is 301 g/mol. The highest BCUT2D eigenvalue weighted by atomic mass is 16.1. The second kappa shape index (κ2) is 6.11. The Labute approximate surface area is 131 Å². The van der Waals surface area contributed by atoms with E-state index in [4.69, 9.17) is 5.26 Å². The van der Waals surface area contributed by atoms with Crippen LogP contribution in [0.5, 0.6) is 0 Å². The van der Waals surface area contributed by atoms with E-state index in [1.54, 1.807) is 12.3 Å². The highest BCUT2D eigenvalue weighted by molar-refractivity contribution is 5.92. The van der Waals surface area contributed by atoms with E-state index in [9.17, 15) is 4.79 Å². The normalized spacial score (nSPS) is 21.3. The van der Waals surface area contributed by atoms with Crippen molar-refractivity contribution in [3.8, 4) is 6.07 Å². The maximum atomic E-state index is 12.1. The van der Waals surface area contributed by atoms with Crippen molar-refractivity contribution in [2.45, 2.75) is 12.8 Å². The molecular formula is C16H23N5O. The number of hydrogen-bond acceptors (Lipinski definition) is 4. The number of nitrogens with zero attached hydrogens (tertiary/aromatic N) is 3. The zero-order valence-corrected chi connectivity index (χ0v) is 13.1. The largest absolute Gasteiger partial charge is 0.356 e. The van der Waals surface area contributed by atoms with Gasteiger partial charge in [0.1, 0.15) is 11.8 Å². The number of carbonyl (C=O) groups excluding carboxylic acids is 1. The number of hydrogen-bond donors (Lipinski definition) is 2. The quantitative estimate of drug-likeness (QED) is 0.837. The van der Waals surface area contributed by atoms with Gasteiger partial charge < -0.3 is 20.1 Å². The molecule has 2 fully saturated rings. The number of aromatic amines is 1. The summed E-state index contributed by atoms with van der Waals surface area (Å²) in [6, 6.07) is 3.62. The summed E-state index contributed by atoms with van der Waals surface area (Å²) in [5.41, 5.74) is 1.21. The number of aromatic nitrogens is 1. The average Bonchev–Trinajstić information content (AvgIpc) is 3.11. The van der Waals surface area contributed by atoms with Gasteiger partial charge in [-0.2, -0.15) is 5.26 Å². The van der Waals surface area contributed by atoms with Crippen molar-refractivity contribution >= 4 is 5.91 Å². The molecule has 0 unspecified atom stereocenters. The summed E-state index contributed by atoms with van der Waals surface area (Å²) >= 11 is 0. The molecule has 2 N–H and O–H groups in total. The van der Waals surface area contributed by atoms with E-state index in [0.29, 0.717) is 11.3 Å². The van der Waals surface area contributed by atoms with E-state index in [-0.39, 0.29) is 11.3 Å². The van der Waals surface area contributed by atoms with Crippen molar-refractivity contribution in [3.05, 3.63) is 23.5 Å². The van der Waals surface area contributed by atoms with Crippen molar-refractivity contribution in [1.82, 2.24) is 20.1 Å². The second-order valence-electron chi connectivity index (χ2n) is 6.68. The molecule has 2 aliphatic rings. The van der Waals surface area contributed by atoms with Gasteiger partial charge in [0.2, 0.25) is 0 Å². The minimum Gasteiger partial charge on any atom is -0.356 e. The van der Waals surface area contributed by atoms with E-state index < -0.39 is 0 Å². The maximum absolute atomic E-state index is 12.1. The number of amides is 1. The minimum atomic E-state index is -0.119. The van der Waals surface area contributed by atoms with E-state index in [1.807, 2.05) is 6.07 Å². The molecule has 0 atom stereocenters. The van der Waals surface area contributed by atoms with E-state index in [2.05, 4.69) is 27.1 Å². The summed E-state index contributed by atoms with van der Waals surface area (Å²) < 4.78 is 0. The molecule has 0 radical (unpaired) electrons. The third-order valence-corrected chi connectivity index (χ3v) is 4.79. The summed E-state index contributed by atoms with van der Waals surface area (Å²) in [5.74, 6) is -0.119. The Balaban J connectivity index is 1.48. The molecule has 2 heterocycles. The molecule has 1 aromatic heterocycles. The number of H-pyrrole nitrogens is 1. The third-order valence-electron chi connectivity index (χ3n) is 4.79. The summed E-state index contributed by atoms with van der Waals surface area (Å²) in [6.45, 7) is 6.29. The van der Waals surface area contributed by atoms with Gasteiger partial charge in [-0.25, -0.2) is 0 Å². The molecule has 6 nitrogen and oxygen atoms in total. The summed E-state index contributed by atoms with van der Waals surface area (Å²) in [4.78, 5) is 19.8. The molecule has 0 bridgehead atoms. The number of rotatable bonds is 5. The zero-order chi connectivity index (χ0) is 15.6. The van der Waals surface area contributed by atoms with Gasteiger partial charge in [0, 0.05) is 50.9 Å². The average molecular weight is 301 g/mol. The van der Waals surface area contributed by atoms with Gasteiger partial charge >= 0.3 is 0 Å². The molecule has 1 amide bonds. The summed E-state index contributed by atoms with van der Waals surface area (Å²) in [7, 11) is 2.16. The fourth-order valence-corrected chi connectivity index (χ4v) is 3.00. The Morgan fingerprint density at radius 3 is 2.73 bits per heavy atom. The van der Waals surface area contributed by atoms with E-state index in [1.165, 1.54) is 12.8 Å². The summed E-state index contributed by atoms with van der Waals surface area (Å²) in [5, 5.41) is 11.8. The predicted octanol–water partition coefficient (Wildman–Crippen LogP) is 0.644. The zero-order valence-electron chi connectivity index (χ0n) is 13.1. The Morgan fingerprint density at radius 2 is 2.14 bits per heavy atom. The van der Waals surface area contributed by atoms with Crippen LogP contribution >= 0.6 is 0 Å². The van der Waals surface area contributed by atoms with Crippen LogP contribution in [0.3, 0.4) is 0 Å². The summed E-state index contributed by atoms with van der Waals surface area (Å²) in [6.07, 6.45) is 3.94. The molecule has 1 aliphatic carbocycles. The fraction of sp³-hybridized carbons (Fsp3) is 0.625. The van der Waals surface area contributed by atoms with Crippen molar-refractivity contribution < 1.29 is 4.79 Å². The van der Waals surface area contributed by atoms with Gasteiger partial charge in [0.15, 0.2) is 0 Å². The molecule has 22 heavy (non-hydrogen) atoms. The van der Waals surface area contributed by atoms with Crippen LogP contribution < -0.4 is 5.32 Å². The van der Waals surface area contributed by atoms with Gasteiger partial charge in [0.05, 0.1) is 5.56 Å². The molecule has 1 aliphatic heterocycles. The molecule has 6 heteroatoms. The lowest BCUT2D eigenvalue weighted by Gasteiger charge is -2.34. The molecule has 3 rings (SSSR count). The van der Waals surface area contributed by atoms with Gasteiger partial charge in [0.25, 0.3) is 5.91 Å². The Morgan fingerprint density at radius 1 is 1.41 bits per heavy atom. The standard InChI is InChI=1S/C16H23N5O/c1-20-4-6-21(7-5-20)12-16(2-3-16)11-19-15(22)14-8-13(9-17)10-18-14/h8,10,18H,2-7,11-12H2,1H3,(H,19,22). The lowest BCUT2D eigenvalue weighted by molar-refractivity contribution is 0.0922. The first-order chi connectivity index (χ1) is 10.6. The minimum absolute atomic E-state index is 0.119. The van der Waals surface area contributed by atoms with Crippen LogP contribution in [0, 0.1) is 16.7 Å². The fourth-order valence-electron chi connectivity index (χ4n) is 3.00. The highest BCUT2D eigenvalue weighted by Crippen LogP contribution is 2.45. The van der Waals surface area contributed by atoms with Crippen LogP contribution in [0.2, 0.25) is 0 Å². The molecule has 1 saturated carbocycles. The SMILES string of the molecule is CN1CCN(CC2(CNC(=O)c3cc(C#N)c[nH]3)CC2)CC1. The second-order valence-corrected chi connectivity index (χ2v) is 6.68. The highest BCUT2D eigenvalue weighted by Gasteiger charge is 2.44. The molecular weight excluding hydrogens is 278 g/mol. The number of nitriles is 1. The van der Waals surface area contributed by atoms with Crippen LogP contribution in [0.15, 0.2) is 12.3 Å². The van der Waals surface area contributed by atoms with Gasteiger partial charge in [-0.05, 0) is 26.0 Å². The van der Waals surface area contributed by atoms with Crippen molar-refractivity contribution in [2.75, 3.05) is 46.3 Å². The van der Waals surface area contributed by atoms with Crippen LogP contribution in [0.1, 0.15) is 28.9 Å². The van der Waals surface area contributed by atoms with Gasteiger partial charge in [-0.1, -0.05) is 0 Å². The molecule has 118 valence electrons.